The van der Waals surface area contributed by atoms with Crippen LogP contribution in [0.2, 0.25) is 0 Å². The van der Waals surface area contributed by atoms with Crippen LogP contribution in [0.15, 0.2) is 36.5 Å². The highest BCUT2D eigenvalue weighted by Gasteiger charge is 1.81. The highest BCUT2D eigenvalue weighted by molar-refractivity contribution is 5.09. The molecule has 0 fully saturated rings. The average Bonchev–Trinajstić information content (AvgIpc) is 2.18. The predicted octanol–water partition coefficient (Wildman–Crippen LogP) is 5.92. The molecule has 0 aliphatic rings. The molecule has 0 spiro atoms. The van der Waals surface area contributed by atoms with Crippen molar-refractivity contribution < 1.29 is 0 Å². The van der Waals surface area contributed by atoms with Gasteiger partial charge >= 0.3 is 0 Å². The average molecular weight is 210 g/mol. The largest absolute Gasteiger partial charge is 0.103 e. The lowest BCUT2D eigenvalue weighted by molar-refractivity contribution is 0.906. The van der Waals surface area contributed by atoms with Gasteiger partial charge < -0.3 is 0 Å². The first-order valence-corrected chi connectivity index (χ1v) is 5.99. The third-order valence-corrected chi connectivity index (χ3v) is 1.22. The summed E-state index contributed by atoms with van der Waals surface area (Å²) in [6, 6.07) is 0. The molecular weight excluding hydrogens is 180 g/mol. The molecule has 0 aromatic rings. The smallest absolute Gasteiger partial charge is 0.0323 e. The first kappa shape index (κ1) is 19.7. The Balaban J connectivity index is -0.000000200. The highest BCUT2D eigenvalue weighted by atomic mass is 13.9. The first-order chi connectivity index (χ1) is 7.14. The summed E-state index contributed by atoms with van der Waals surface area (Å²) in [5.41, 5.74) is 1.47. The van der Waals surface area contributed by atoms with E-state index in [0.717, 1.165) is 0 Å². The molecule has 0 atom stereocenters. The molecule has 0 nitrogen and oxygen atoms in total. The SMILES string of the molecule is C/C=C\C=C(/C)CCC.C=CC.CCC. The second kappa shape index (κ2) is 23.2. The summed E-state index contributed by atoms with van der Waals surface area (Å²) < 4.78 is 0. The normalized spacial score (nSPS) is 9.87. The quantitative estimate of drug-likeness (QED) is 0.401. The van der Waals surface area contributed by atoms with E-state index in [-0.39, 0.29) is 0 Å². The Morgan fingerprint density at radius 1 is 1.13 bits per heavy atom. The number of rotatable bonds is 3. The monoisotopic (exact) mass is 210 g/mol. The van der Waals surface area contributed by atoms with Crippen molar-refractivity contribution in [1.82, 2.24) is 0 Å². The van der Waals surface area contributed by atoms with Crippen LogP contribution in [0.1, 0.15) is 60.8 Å². The molecule has 0 rings (SSSR count). The van der Waals surface area contributed by atoms with Crippen LogP contribution in [0.5, 0.6) is 0 Å². The van der Waals surface area contributed by atoms with E-state index < -0.39 is 0 Å². The second-order valence-electron chi connectivity index (χ2n) is 3.40. The molecule has 0 radical (unpaired) electrons. The van der Waals surface area contributed by atoms with Gasteiger partial charge in [0.15, 0.2) is 0 Å². The molecule has 0 heterocycles. The van der Waals surface area contributed by atoms with Crippen LogP contribution in [0, 0.1) is 0 Å². The van der Waals surface area contributed by atoms with Crippen molar-refractivity contribution in [2.45, 2.75) is 60.8 Å². The van der Waals surface area contributed by atoms with Crippen LogP contribution in [-0.4, -0.2) is 0 Å². The van der Waals surface area contributed by atoms with Crippen LogP contribution < -0.4 is 0 Å². The van der Waals surface area contributed by atoms with Crippen LogP contribution in [0.3, 0.4) is 0 Å². The van der Waals surface area contributed by atoms with Gasteiger partial charge in [0.2, 0.25) is 0 Å². The zero-order chi connectivity index (χ0) is 12.5. The molecule has 0 aromatic heterocycles. The van der Waals surface area contributed by atoms with Crippen LogP contribution in [0.25, 0.3) is 0 Å². The summed E-state index contributed by atoms with van der Waals surface area (Å²) in [4.78, 5) is 0. The summed E-state index contributed by atoms with van der Waals surface area (Å²) in [6.07, 6.45) is 11.8. The van der Waals surface area contributed by atoms with Gasteiger partial charge in [-0.15, -0.1) is 6.58 Å². The summed E-state index contributed by atoms with van der Waals surface area (Å²) in [7, 11) is 0. The molecule has 15 heavy (non-hydrogen) atoms. The molecule has 0 bridgehead atoms. The van der Waals surface area contributed by atoms with Crippen molar-refractivity contribution in [1.29, 1.82) is 0 Å². The van der Waals surface area contributed by atoms with Gasteiger partial charge in [-0.3, -0.25) is 0 Å². The molecule has 0 aliphatic carbocycles. The zero-order valence-electron chi connectivity index (χ0n) is 11.6. The molecule has 0 saturated heterocycles. The minimum Gasteiger partial charge on any atom is -0.103 e. The molecule has 0 N–H and O–H groups in total. The third kappa shape index (κ3) is 43.0. The molecule has 0 saturated carbocycles. The summed E-state index contributed by atoms with van der Waals surface area (Å²) in [6.45, 7) is 15.9. The topological polar surface area (TPSA) is 0 Å². The molecule has 0 amide bonds. The zero-order valence-corrected chi connectivity index (χ0v) is 11.6. The number of allylic oxidation sites excluding steroid dienone is 5. The fourth-order valence-electron chi connectivity index (χ4n) is 0.738. The van der Waals surface area contributed by atoms with E-state index in [1.165, 1.54) is 24.8 Å². The van der Waals surface area contributed by atoms with E-state index >= 15 is 0 Å². The molecule has 0 unspecified atom stereocenters. The van der Waals surface area contributed by atoms with E-state index in [1.54, 1.807) is 6.08 Å². The van der Waals surface area contributed by atoms with Gasteiger partial charge in [0, 0.05) is 0 Å². The Bertz CT molecular complexity index is 149. The van der Waals surface area contributed by atoms with E-state index in [0.29, 0.717) is 0 Å². The van der Waals surface area contributed by atoms with Crippen LogP contribution in [-0.2, 0) is 0 Å². The third-order valence-electron chi connectivity index (χ3n) is 1.22. The molecule has 0 aliphatic heterocycles. The maximum atomic E-state index is 3.36. The first-order valence-electron chi connectivity index (χ1n) is 5.99. The van der Waals surface area contributed by atoms with Crippen molar-refractivity contribution in [3.05, 3.63) is 36.5 Å². The highest BCUT2D eigenvalue weighted by Crippen LogP contribution is 2.02. The fourth-order valence-corrected chi connectivity index (χ4v) is 0.738. The van der Waals surface area contributed by atoms with E-state index in [2.05, 4.69) is 52.5 Å². The summed E-state index contributed by atoms with van der Waals surface area (Å²) in [5.74, 6) is 0. The second-order valence-corrected chi connectivity index (χ2v) is 3.40. The maximum absolute atomic E-state index is 3.36. The van der Waals surface area contributed by atoms with Crippen molar-refractivity contribution in [2.75, 3.05) is 0 Å². The predicted molar refractivity (Wildman–Crippen MR) is 75.3 cm³/mol. The van der Waals surface area contributed by atoms with Crippen molar-refractivity contribution in [3.8, 4) is 0 Å². The van der Waals surface area contributed by atoms with Crippen molar-refractivity contribution >= 4 is 0 Å². The van der Waals surface area contributed by atoms with Crippen molar-refractivity contribution in [3.63, 3.8) is 0 Å². The van der Waals surface area contributed by atoms with E-state index in [9.17, 15) is 0 Å². The Kier molecular flexibility index (Phi) is 30.6. The van der Waals surface area contributed by atoms with Gasteiger partial charge in [0.1, 0.15) is 0 Å². The Labute approximate surface area is 97.8 Å². The van der Waals surface area contributed by atoms with Crippen LogP contribution >= 0.6 is 0 Å². The molecule has 0 heteroatoms. The van der Waals surface area contributed by atoms with Gasteiger partial charge in [-0.2, -0.15) is 0 Å². The van der Waals surface area contributed by atoms with Gasteiger partial charge in [-0.1, -0.05) is 63.5 Å². The number of hydrogen-bond donors (Lipinski definition) is 0. The lowest BCUT2D eigenvalue weighted by Crippen LogP contribution is -1.71. The maximum Gasteiger partial charge on any atom is -0.0323 e. The Morgan fingerprint density at radius 3 is 1.80 bits per heavy atom. The lowest BCUT2D eigenvalue weighted by atomic mass is 10.2. The number of hydrogen-bond acceptors (Lipinski definition) is 0. The summed E-state index contributed by atoms with van der Waals surface area (Å²) >= 11 is 0. The standard InChI is InChI=1S/C9H16.C3H8.C3H6/c1-4-6-8-9(3)7-5-2;2*1-3-2/h4,6,8H,5,7H2,1-3H3;3H2,1-2H3;3H,1H2,2H3/b6-4-,9-8+;;. The van der Waals surface area contributed by atoms with Gasteiger partial charge in [-0.25, -0.2) is 0 Å². The van der Waals surface area contributed by atoms with Gasteiger partial charge in [0.05, 0.1) is 0 Å². The van der Waals surface area contributed by atoms with Crippen LogP contribution in [0.4, 0.5) is 0 Å². The van der Waals surface area contributed by atoms with E-state index in [1.807, 2.05) is 13.8 Å². The molecule has 90 valence electrons. The minimum atomic E-state index is 1.23. The Morgan fingerprint density at radius 2 is 1.53 bits per heavy atom. The molecular formula is C15H30. The summed E-state index contributed by atoms with van der Waals surface area (Å²) in [5, 5.41) is 0. The minimum absolute atomic E-state index is 1.23. The van der Waals surface area contributed by atoms with Gasteiger partial charge in [0.25, 0.3) is 0 Å². The van der Waals surface area contributed by atoms with Gasteiger partial charge in [-0.05, 0) is 27.2 Å². The van der Waals surface area contributed by atoms with E-state index in [4.69, 9.17) is 0 Å². The molecule has 0 aromatic carbocycles. The Hall–Kier alpha value is -0.780. The fraction of sp³-hybridized carbons (Fsp3) is 0.600. The van der Waals surface area contributed by atoms with Crippen molar-refractivity contribution in [2.24, 2.45) is 0 Å². The lowest BCUT2D eigenvalue weighted by Gasteiger charge is -1.92.